The summed E-state index contributed by atoms with van der Waals surface area (Å²) in [5.74, 6) is 0.833. The number of hydrogen-bond donors (Lipinski definition) is 2. The molecule has 0 amide bonds. The summed E-state index contributed by atoms with van der Waals surface area (Å²) in [5.41, 5.74) is 1.09. The second-order valence-corrected chi connectivity index (χ2v) is 5.60. The minimum atomic E-state index is 0.371. The Kier molecular flexibility index (Phi) is 7.89. The lowest BCUT2D eigenvalue weighted by molar-refractivity contribution is -0.0320. The van der Waals surface area contributed by atoms with Gasteiger partial charge in [0.15, 0.2) is 5.96 Å². The van der Waals surface area contributed by atoms with Crippen LogP contribution >= 0.6 is 0 Å². The van der Waals surface area contributed by atoms with Gasteiger partial charge in [0.25, 0.3) is 0 Å². The van der Waals surface area contributed by atoms with Crippen molar-refractivity contribution in [3.05, 3.63) is 18.0 Å². The minimum absolute atomic E-state index is 0.371. The van der Waals surface area contributed by atoms with Crippen molar-refractivity contribution >= 4 is 5.96 Å². The van der Waals surface area contributed by atoms with E-state index >= 15 is 0 Å². The van der Waals surface area contributed by atoms with Gasteiger partial charge in [-0.05, 0) is 32.3 Å². The lowest BCUT2D eigenvalue weighted by atomic mass is 10.1. The minimum Gasteiger partial charge on any atom is -0.381 e. The van der Waals surface area contributed by atoms with Crippen LogP contribution in [0.4, 0.5) is 0 Å². The second-order valence-electron chi connectivity index (χ2n) is 5.60. The molecule has 1 aromatic heterocycles. The number of aromatic nitrogens is 2. The number of rotatable bonds is 8. The average Bonchev–Trinajstić information content (AvgIpc) is 2.98. The van der Waals surface area contributed by atoms with Crippen molar-refractivity contribution in [3.8, 4) is 0 Å². The Morgan fingerprint density at radius 2 is 2.26 bits per heavy atom. The van der Waals surface area contributed by atoms with E-state index in [4.69, 9.17) is 9.47 Å². The van der Waals surface area contributed by atoms with E-state index in [2.05, 4.69) is 27.6 Å². The van der Waals surface area contributed by atoms with Gasteiger partial charge in [-0.15, -0.1) is 0 Å². The molecule has 7 nitrogen and oxygen atoms in total. The van der Waals surface area contributed by atoms with Crippen molar-refractivity contribution in [1.29, 1.82) is 0 Å². The maximum atomic E-state index is 5.87. The lowest BCUT2D eigenvalue weighted by Crippen LogP contribution is -2.38. The van der Waals surface area contributed by atoms with E-state index in [1.54, 1.807) is 6.20 Å². The number of hydrogen-bond acceptors (Lipinski definition) is 4. The molecule has 0 aliphatic carbocycles. The van der Waals surface area contributed by atoms with E-state index in [0.29, 0.717) is 12.6 Å². The van der Waals surface area contributed by atoms with Crippen LogP contribution in [0.1, 0.15) is 31.9 Å². The van der Waals surface area contributed by atoms with Gasteiger partial charge in [-0.1, -0.05) is 0 Å². The quantitative estimate of drug-likeness (QED) is 0.425. The number of ether oxygens (including phenoxy) is 2. The van der Waals surface area contributed by atoms with Crippen LogP contribution in [0.15, 0.2) is 17.3 Å². The lowest BCUT2D eigenvalue weighted by Gasteiger charge is -2.22. The molecule has 1 saturated heterocycles. The molecule has 0 radical (unpaired) electrons. The molecule has 0 aromatic carbocycles. The average molecular weight is 323 g/mol. The van der Waals surface area contributed by atoms with Crippen LogP contribution in [0.3, 0.4) is 0 Å². The van der Waals surface area contributed by atoms with Crippen molar-refractivity contribution in [3.63, 3.8) is 0 Å². The van der Waals surface area contributed by atoms with E-state index in [1.807, 2.05) is 17.8 Å². The molecule has 0 spiro atoms. The third-order valence-corrected chi connectivity index (χ3v) is 3.80. The Labute approximate surface area is 138 Å². The largest absolute Gasteiger partial charge is 0.381 e. The molecule has 2 rings (SSSR count). The zero-order valence-corrected chi connectivity index (χ0v) is 14.3. The van der Waals surface area contributed by atoms with Gasteiger partial charge in [0, 0.05) is 46.2 Å². The number of nitrogens with zero attached hydrogens (tertiary/aromatic N) is 3. The third kappa shape index (κ3) is 6.58. The Morgan fingerprint density at radius 3 is 2.96 bits per heavy atom. The van der Waals surface area contributed by atoms with Gasteiger partial charge in [-0.3, -0.25) is 4.68 Å². The normalized spacial score (nSPS) is 16.5. The predicted molar refractivity (Wildman–Crippen MR) is 90.4 cm³/mol. The first-order valence-corrected chi connectivity index (χ1v) is 8.48. The monoisotopic (exact) mass is 323 g/mol. The molecule has 0 saturated carbocycles. The fourth-order valence-electron chi connectivity index (χ4n) is 2.43. The van der Waals surface area contributed by atoms with Crippen molar-refractivity contribution in [2.75, 3.05) is 32.9 Å². The van der Waals surface area contributed by atoms with Gasteiger partial charge < -0.3 is 20.1 Å². The molecule has 1 aliphatic rings. The van der Waals surface area contributed by atoms with Crippen molar-refractivity contribution < 1.29 is 9.47 Å². The van der Waals surface area contributed by atoms with Gasteiger partial charge in [-0.25, -0.2) is 4.99 Å². The first-order valence-electron chi connectivity index (χ1n) is 8.48. The summed E-state index contributed by atoms with van der Waals surface area (Å²) in [5, 5.41) is 10.8. The molecular weight excluding hydrogens is 294 g/mol. The topological polar surface area (TPSA) is 72.7 Å². The van der Waals surface area contributed by atoms with Crippen LogP contribution in [0.2, 0.25) is 0 Å². The van der Waals surface area contributed by atoms with Crippen LogP contribution in [-0.4, -0.2) is 54.8 Å². The standard InChI is InChI=1S/C16H29N5O2/c1-3-17-16(19-13-14-5-9-20-21(14)2)18-8-4-10-23-15-6-11-22-12-7-15/h5,9,15H,3-4,6-8,10-13H2,1-2H3,(H2,17,18,19). The third-order valence-electron chi connectivity index (χ3n) is 3.80. The highest BCUT2D eigenvalue weighted by atomic mass is 16.5. The second kappa shape index (κ2) is 10.2. The van der Waals surface area contributed by atoms with Crippen LogP contribution in [0.5, 0.6) is 0 Å². The van der Waals surface area contributed by atoms with E-state index < -0.39 is 0 Å². The molecule has 7 heteroatoms. The highest BCUT2D eigenvalue weighted by Gasteiger charge is 2.13. The summed E-state index contributed by atoms with van der Waals surface area (Å²) >= 11 is 0. The maximum absolute atomic E-state index is 5.87. The Balaban J connectivity index is 1.64. The van der Waals surface area contributed by atoms with E-state index in [9.17, 15) is 0 Å². The number of nitrogens with one attached hydrogen (secondary N) is 2. The fraction of sp³-hybridized carbons (Fsp3) is 0.750. The van der Waals surface area contributed by atoms with Crippen molar-refractivity contribution in [2.45, 2.75) is 38.8 Å². The zero-order chi connectivity index (χ0) is 16.3. The molecule has 1 aliphatic heterocycles. The van der Waals surface area contributed by atoms with E-state index in [-0.39, 0.29) is 0 Å². The van der Waals surface area contributed by atoms with Gasteiger partial charge in [-0.2, -0.15) is 5.10 Å². The van der Waals surface area contributed by atoms with Crippen LogP contribution in [0.25, 0.3) is 0 Å². The number of aliphatic imine (C=N–C) groups is 1. The number of guanidine groups is 1. The fourth-order valence-corrected chi connectivity index (χ4v) is 2.43. The summed E-state index contributed by atoms with van der Waals surface area (Å²) in [6.07, 6.45) is 5.16. The Bertz CT molecular complexity index is 469. The highest BCUT2D eigenvalue weighted by Crippen LogP contribution is 2.10. The van der Waals surface area contributed by atoms with Crippen LogP contribution < -0.4 is 10.6 Å². The molecule has 23 heavy (non-hydrogen) atoms. The van der Waals surface area contributed by atoms with E-state index in [1.165, 1.54) is 0 Å². The molecule has 0 unspecified atom stereocenters. The predicted octanol–water partition coefficient (Wildman–Crippen LogP) is 1.06. The Morgan fingerprint density at radius 1 is 1.43 bits per heavy atom. The smallest absolute Gasteiger partial charge is 0.191 e. The molecule has 2 heterocycles. The summed E-state index contributed by atoms with van der Waals surface area (Å²) in [7, 11) is 1.93. The SMILES string of the molecule is CCNC(=NCc1ccnn1C)NCCCOC1CCOCC1. The first kappa shape index (κ1) is 17.7. The molecule has 130 valence electrons. The Hall–Kier alpha value is -1.60. The zero-order valence-electron chi connectivity index (χ0n) is 14.3. The summed E-state index contributed by atoms with van der Waals surface area (Å²) in [4.78, 5) is 4.58. The van der Waals surface area contributed by atoms with Gasteiger partial charge >= 0.3 is 0 Å². The first-order chi connectivity index (χ1) is 11.3. The molecule has 1 aromatic rings. The van der Waals surface area contributed by atoms with Crippen LogP contribution in [0, 0.1) is 0 Å². The molecule has 2 N–H and O–H groups in total. The van der Waals surface area contributed by atoms with Crippen molar-refractivity contribution in [1.82, 2.24) is 20.4 Å². The summed E-state index contributed by atoms with van der Waals surface area (Å²) in [6, 6.07) is 1.98. The maximum Gasteiger partial charge on any atom is 0.191 e. The number of aryl methyl sites for hydroxylation is 1. The molecule has 0 atom stereocenters. The van der Waals surface area contributed by atoms with Crippen molar-refractivity contribution in [2.24, 2.45) is 12.0 Å². The molecule has 1 fully saturated rings. The van der Waals surface area contributed by atoms with Crippen LogP contribution in [-0.2, 0) is 23.1 Å². The van der Waals surface area contributed by atoms with Gasteiger partial charge in [0.05, 0.1) is 18.3 Å². The highest BCUT2D eigenvalue weighted by molar-refractivity contribution is 5.79. The molecule has 0 bridgehead atoms. The summed E-state index contributed by atoms with van der Waals surface area (Å²) in [6.45, 7) is 6.80. The van der Waals surface area contributed by atoms with E-state index in [0.717, 1.165) is 63.8 Å². The molecular formula is C16H29N5O2. The van der Waals surface area contributed by atoms with Gasteiger partial charge in [0.2, 0.25) is 0 Å². The van der Waals surface area contributed by atoms with Gasteiger partial charge in [0.1, 0.15) is 0 Å². The summed E-state index contributed by atoms with van der Waals surface area (Å²) < 4.78 is 13.0.